The van der Waals surface area contributed by atoms with Crippen LogP contribution < -0.4 is 5.32 Å². The molecule has 114 valence electrons. The molecule has 2 aromatic heterocycles. The second-order valence-electron chi connectivity index (χ2n) is 5.71. The summed E-state index contributed by atoms with van der Waals surface area (Å²) in [4.78, 5) is 1.25. The number of nitrogens with zero attached hydrogens (tertiary/aromatic N) is 4. The van der Waals surface area contributed by atoms with Crippen molar-refractivity contribution in [1.82, 2.24) is 24.7 Å². The Morgan fingerprint density at radius 3 is 2.95 bits per heavy atom. The monoisotopic (exact) mass is 305 g/mol. The fourth-order valence-corrected chi connectivity index (χ4v) is 3.97. The molecule has 0 saturated heterocycles. The van der Waals surface area contributed by atoms with Crippen LogP contribution in [0.5, 0.6) is 0 Å². The number of hydrogen-bond donors (Lipinski definition) is 1. The molecule has 0 spiro atoms. The minimum Gasteiger partial charge on any atom is -0.312 e. The molecule has 1 N–H and O–H groups in total. The van der Waals surface area contributed by atoms with Gasteiger partial charge in [-0.05, 0) is 43.9 Å². The summed E-state index contributed by atoms with van der Waals surface area (Å²) in [6.45, 7) is 2.13. The van der Waals surface area contributed by atoms with E-state index in [0.29, 0.717) is 6.04 Å². The first-order valence-corrected chi connectivity index (χ1v) is 8.61. The van der Waals surface area contributed by atoms with Crippen LogP contribution in [0.3, 0.4) is 0 Å². The van der Waals surface area contributed by atoms with Gasteiger partial charge in [0, 0.05) is 12.6 Å². The molecule has 3 rings (SSSR count). The highest BCUT2D eigenvalue weighted by Gasteiger charge is 2.21. The standard InChI is InChI=1S/C15H23N5S/c1-3-13-15(21-19-17-13)14(16-2)10-11-8-9-20(18-11)12-6-4-5-7-12/h8-9,12,14,16H,3-7,10H2,1-2H3. The summed E-state index contributed by atoms with van der Waals surface area (Å²) in [5.74, 6) is 0. The van der Waals surface area contributed by atoms with E-state index >= 15 is 0 Å². The summed E-state index contributed by atoms with van der Waals surface area (Å²) < 4.78 is 6.27. The third kappa shape index (κ3) is 3.16. The lowest BCUT2D eigenvalue weighted by Crippen LogP contribution is -2.19. The van der Waals surface area contributed by atoms with Gasteiger partial charge in [0.2, 0.25) is 0 Å². The van der Waals surface area contributed by atoms with Crippen molar-refractivity contribution >= 4 is 11.5 Å². The molecule has 1 atom stereocenters. The lowest BCUT2D eigenvalue weighted by molar-refractivity contribution is 0.459. The van der Waals surface area contributed by atoms with E-state index in [4.69, 9.17) is 5.10 Å². The van der Waals surface area contributed by atoms with Crippen molar-refractivity contribution in [2.24, 2.45) is 0 Å². The van der Waals surface area contributed by atoms with Crippen molar-refractivity contribution in [3.63, 3.8) is 0 Å². The van der Waals surface area contributed by atoms with Crippen LogP contribution in [0.15, 0.2) is 12.3 Å². The SMILES string of the molecule is CCc1nnsc1C(Cc1ccn(C2CCCC2)n1)NC. The predicted octanol–water partition coefficient (Wildman–Crippen LogP) is 2.92. The number of aryl methyl sites for hydroxylation is 1. The Balaban J connectivity index is 1.72. The van der Waals surface area contributed by atoms with Crippen molar-refractivity contribution in [3.05, 3.63) is 28.5 Å². The highest BCUT2D eigenvalue weighted by atomic mass is 32.1. The quantitative estimate of drug-likeness (QED) is 0.891. The maximum atomic E-state index is 4.79. The van der Waals surface area contributed by atoms with Crippen molar-refractivity contribution < 1.29 is 0 Å². The van der Waals surface area contributed by atoms with Gasteiger partial charge in [0.15, 0.2) is 0 Å². The van der Waals surface area contributed by atoms with Gasteiger partial charge in [-0.2, -0.15) is 5.10 Å². The first-order valence-electron chi connectivity index (χ1n) is 7.84. The lowest BCUT2D eigenvalue weighted by atomic mass is 10.1. The fraction of sp³-hybridized carbons (Fsp3) is 0.667. The lowest BCUT2D eigenvalue weighted by Gasteiger charge is -2.14. The molecule has 1 fully saturated rings. The first kappa shape index (κ1) is 14.7. The Labute approximate surface area is 129 Å². The third-order valence-electron chi connectivity index (χ3n) is 4.36. The predicted molar refractivity (Wildman–Crippen MR) is 84.5 cm³/mol. The zero-order chi connectivity index (χ0) is 14.7. The number of hydrogen-bond acceptors (Lipinski definition) is 5. The van der Waals surface area contributed by atoms with Crippen molar-refractivity contribution in [3.8, 4) is 0 Å². The third-order valence-corrected chi connectivity index (χ3v) is 5.24. The molecule has 1 unspecified atom stereocenters. The van der Waals surface area contributed by atoms with Crippen LogP contribution in [-0.4, -0.2) is 26.4 Å². The molecule has 5 nitrogen and oxygen atoms in total. The minimum absolute atomic E-state index is 0.256. The van der Waals surface area contributed by atoms with E-state index in [0.717, 1.165) is 24.2 Å². The zero-order valence-electron chi connectivity index (χ0n) is 12.7. The molecule has 6 heteroatoms. The maximum Gasteiger partial charge on any atom is 0.0801 e. The van der Waals surface area contributed by atoms with Crippen LogP contribution >= 0.6 is 11.5 Å². The molecule has 2 heterocycles. The number of rotatable bonds is 6. The van der Waals surface area contributed by atoms with Gasteiger partial charge < -0.3 is 5.32 Å². The van der Waals surface area contributed by atoms with Crippen LogP contribution in [0.25, 0.3) is 0 Å². The van der Waals surface area contributed by atoms with E-state index in [2.05, 4.69) is 38.8 Å². The summed E-state index contributed by atoms with van der Waals surface area (Å²) in [6.07, 6.45) is 9.19. The second-order valence-corrected chi connectivity index (χ2v) is 6.49. The highest BCUT2D eigenvalue weighted by molar-refractivity contribution is 7.05. The Morgan fingerprint density at radius 1 is 1.43 bits per heavy atom. The number of likely N-dealkylation sites (N-methyl/N-ethyl adjacent to an activating group) is 1. The molecule has 0 aliphatic heterocycles. The maximum absolute atomic E-state index is 4.79. The molecule has 0 radical (unpaired) electrons. The van der Waals surface area contributed by atoms with Gasteiger partial charge in [0.05, 0.1) is 28.3 Å². The van der Waals surface area contributed by atoms with Gasteiger partial charge in [0.1, 0.15) is 0 Å². The molecule has 1 aliphatic carbocycles. The molecule has 0 bridgehead atoms. The van der Waals surface area contributed by atoms with Gasteiger partial charge in [-0.1, -0.05) is 24.3 Å². The normalized spacial score (nSPS) is 17.4. The second kappa shape index (κ2) is 6.66. The average Bonchev–Trinajstić information content (AvgIpc) is 3.23. The van der Waals surface area contributed by atoms with Gasteiger partial charge in [0.25, 0.3) is 0 Å². The van der Waals surface area contributed by atoms with Gasteiger partial charge in [-0.3, -0.25) is 4.68 Å². The van der Waals surface area contributed by atoms with E-state index < -0.39 is 0 Å². The summed E-state index contributed by atoms with van der Waals surface area (Å²) >= 11 is 1.50. The smallest absolute Gasteiger partial charge is 0.0801 e. The van der Waals surface area contributed by atoms with Crippen LogP contribution in [0.1, 0.15) is 61.0 Å². The van der Waals surface area contributed by atoms with Crippen LogP contribution in [-0.2, 0) is 12.8 Å². The largest absolute Gasteiger partial charge is 0.312 e. The molecule has 2 aromatic rings. The van der Waals surface area contributed by atoms with Gasteiger partial charge >= 0.3 is 0 Å². The number of aromatic nitrogens is 4. The summed E-state index contributed by atoms with van der Waals surface area (Å²) in [5, 5.41) is 12.4. The van der Waals surface area contributed by atoms with E-state index in [1.54, 1.807) is 0 Å². The van der Waals surface area contributed by atoms with Crippen molar-refractivity contribution in [1.29, 1.82) is 0 Å². The van der Waals surface area contributed by atoms with E-state index in [1.807, 2.05) is 7.05 Å². The van der Waals surface area contributed by atoms with Crippen molar-refractivity contribution in [2.75, 3.05) is 7.05 Å². The molecular formula is C15H23N5S. The molecular weight excluding hydrogens is 282 g/mol. The fourth-order valence-electron chi connectivity index (χ4n) is 3.12. The Bertz CT molecular complexity index is 570. The van der Waals surface area contributed by atoms with Crippen molar-refractivity contribution in [2.45, 2.75) is 57.5 Å². The molecule has 0 aromatic carbocycles. The highest BCUT2D eigenvalue weighted by Crippen LogP contribution is 2.29. The van der Waals surface area contributed by atoms with E-state index in [9.17, 15) is 0 Å². The Morgan fingerprint density at radius 2 is 2.24 bits per heavy atom. The molecule has 21 heavy (non-hydrogen) atoms. The Hall–Kier alpha value is -1.27. The van der Waals surface area contributed by atoms with Gasteiger partial charge in [-0.25, -0.2) is 0 Å². The summed E-state index contributed by atoms with van der Waals surface area (Å²) in [7, 11) is 2.00. The van der Waals surface area contributed by atoms with E-state index in [-0.39, 0.29) is 6.04 Å². The summed E-state index contributed by atoms with van der Waals surface area (Å²) in [6, 6.07) is 3.03. The molecule has 0 amide bonds. The average molecular weight is 305 g/mol. The van der Waals surface area contributed by atoms with Crippen LogP contribution in [0.4, 0.5) is 0 Å². The van der Waals surface area contributed by atoms with Crippen LogP contribution in [0.2, 0.25) is 0 Å². The first-order chi connectivity index (χ1) is 10.3. The molecule has 1 aliphatic rings. The summed E-state index contributed by atoms with van der Waals surface area (Å²) in [5.41, 5.74) is 2.26. The van der Waals surface area contributed by atoms with E-state index in [1.165, 1.54) is 42.1 Å². The molecule has 1 saturated carbocycles. The minimum atomic E-state index is 0.256. The zero-order valence-corrected chi connectivity index (χ0v) is 13.6. The van der Waals surface area contributed by atoms with Gasteiger partial charge in [-0.15, -0.1) is 5.10 Å². The number of nitrogens with one attached hydrogen (secondary N) is 1. The Kier molecular flexibility index (Phi) is 4.65. The van der Waals surface area contributed by atoms with Crippen LogP contribution in [0, 0.1) is 0 Å². The topological polar surface area (TPSA) is 55.6 Å².